The maximum atomic E-state index is 6.34. The van der Waals surface area contributed by atoms with Gasteiger partial charge >= 0.3 is 0 Å². The SMILES string of the molecule is COc1ccc(-c2[nH]c3ccc(-c4nnc(C5CCN(C6CCN(C(C)C)CC6)CC5)o4)cc3c2C(C)C)cc1OC. The van der Waals surface area contributed by atoms with Crippen LogP contribution < -0.4 is 9.47 Å². The zero-order valence-corrected chi connectivity index (χ0v) is 25.9. The second-order valence-electron chi connectivity index (χ2n) is 12.5. The highest BCUT2D eigenvalue weighted by atomic mass is 16.5. The summed E-state index contributed by atoms with van der Waals surface area (Å²) in [5.41, 5.74) is 5.44. The molecule has 2 aromatic carbocycles. The standard InChI is InChI=1S/C34H45N5O3/c1-21(2)31-27-19-25(7-9-28(27)35-32(31)24-8-10-29(40-5)30(20-24)41-6)34-37-36-33(42-34)23-11-15-39(16-12-23)26-13-17-38(18-14-26)22(3)4/h7-10,19-23,26,35H,11-18H2,1-6H3. The number of nitrogens with zero attached hydrogens (tertiary/aromatic N) is 4. The van der Waals surface area contributed by atoms with E-state index in [0.29, 0.717) is 35.6 Å². The summed E-state index contributed by atoms with van der Waals surface area (Å²) in [5, 5.41) is 10.2. The third-order valence-electron chi connectivity index (χ3n) is 9.40. The van der Waals surface area contributed by atoms with E-state index in [1.165, 1.54) is 36.9 Å². The van der Waals surface area contributed by atoms with Gasteiger partial charge < -0.3 is 28.7 Å². The molecule has 224 valence electrons. The molecule has 1 N–H and O–H groups in total. The van der Waals surface area contributed by atoms with Crippen molar-refractivity contribution in [1.29, 1.82) is 0 Å². The summed E-state index contributed by atoms with van der Waals surface area (Å²) >= 11 is 0. The molecule has 4 heterocycles. The lowest BCUT2D eigenvalue weighted by Gasteiger charge is -2.42. The maximum absolute atomic E-state index is 6.34. The molecule has 2 aromatic heterocycles. The number of ether oxygens (including phenoxy) is 2. The zero-order chi connectivity index (χ0) is 29.4. The van der Waals surface area contributed by atoms with Gasteiger partial charge in [-0.15, -0.1) is 10.2 Å². The Hall–Kier alpha value is -3.36. The molecule has 2 aliphatic heterocycles. The molecule has 2 saturated heterocycles. The van der Waals surface area contributed by atoms with Gasteiger partial charge in [-0.25, -0.2) is 0 Å². The summed E-state index contributed by atoms with van der Waals surface area (Å²) < 4.78 is 17.4. The number of nitrogens with one attached hydrogen (secondary N) is 1. The van der Waals surface area contributed by atoms with E-state index in [1.807, 2.05) is 12.1 Å². The van der Waals surface area contributed by atoms with Gasteiger partial charge in [-0.1, -0.05) is 13.8 Å². The third-order valence-corrected chi connectivity index (χ3v) is 9.40. The van der Waals surface area contributed by atoms with Crippen molar-refractivity contribution < 1.29 is 13.9 Å². The fourth-order valence-corrected chi connectivity index (χ4v) is 6.96. The molecule has 0 spiro atoms. The molecule has 0 aliphatic carbocycles. The molecule has 0 amide bonds. The minimum atomic E-state index is 0.304. The lowest BCUT2D eigenvalue weighted by atomic mass is 9.93. The summed E-state index contributed by atoms with van der Waals surface area (Å²) in [6, 6.07) is 13.8. The van der Waals surface area contributed by atoms with Gasteiger partial charge in [-0.05, 0) is 114 Å². The number of aromatic amines is 1. The Bertz CT molecular complexity index is 1510. The van der Waals surface area contributed by atoms with Gasteiger partial charge in [0.25, 0.3) is 0 Å². The van der Waals surface area contributed by atoms with Crippen molar-refractivity contribution in [3.05, 3.63) is 47.9 Å². The molecule has 0 unspecified atom stereocenters. The molecular weight excluding hydrogens is 526 g/mol. The normalized spacial score (nSPS) is 18.0. The first-order valence-corrected chi connectivity index (χ1v) is 15.6. The largest absolute Gasteiger partial charge is 0.493 e. The van der Waals surface area contributed by atoms with Crippen molar-refractivity contribution in [1.82, 2.24) is 25.0 Å². The van der Waals surface area contributed by atoms with Crippen LogP contribution in [0.5, 0.6) is 11.5 Å². The average molecular weight is 572 g/mol. The number of piperidine rings is 2. The predicted molar refractivity (Wildman–Crippen MR) is 167 cm³/mol. The summed E-state index contributed by atoms with van der Waals surface area (Å²) in [4.78, 5) is 8.96. The Labute approximate surface area is 249 Å². The molecule has 8 nitrogen and oxygen atoms in total. The topological polar surface area (TPSA) is 79.7 Å². The highest BCUT2D eigenvalue weighted by Crippen LogP contribution is 2.40. The predicted octanol–water partition coefficient (Wildman–Crippen LogP) is 7.08. The molecule has 0 saturated carbocycles. The van der Waals surface area contributed by atoms with Gasteiger partial charge in [-0.3, -0.25) is 0 Å². The van der Waals surface area contributed by atoms with Crippen LogP contribution in [0.15, 0.2) is 40.8 Å². The van der Waals surface area contributed by atoms with Crippen LogP contribution in [0.4, 0.5) is 0 Å². The van der Waals surface area contributed by atoms with Crippen LogP contribution in [0.3, 0.4) is 0 Å². The Morgan fingerprint density at radius 1 is 0.833 bits per heavy atom. The lowest BCUT2D eigenvalue weighted by Crippen LogP contribution is -2.48. The second kappa shape index (κ2) is 12.1. The fourth-order valence-electron chi connectivity index (χ4n) is 6.96. The molecule has 0 atom stereocenters. The second-order valence-corrected chi connectivity index (χ2v) is 12.5. The van der Waals surface area contributed by atoms with Crippen molar-refractivity contribution in [2.45, 2.75) is 77.3 Å². The van der Waals surface area contributed by atoms with Gasteiger partial charge in [0.15, 0.2) is 11.5 Å². The Kier molecular flexibility index (Phi) is 8.28. The number of H-pyrrole nitrogens is 1. The Balaban J connectivity index is 1.19. The van der Waals surface area contributed by atoms with E-state index in [4.69, 9.17) is 13.9 Å². The zero-order valence-electron chi connectivity index (χ0n) is 25.9. The summed E-state index contributed by atoms with van der Waals surface area (Å²) in [6.45, 7) is 13.7. The van der Waals surface area contributed by atoms with Crippen LogP contribution in [-0.2, 0) is 0 Å². The van der Waals surface area contributed by atoms with E-state index >= 15 is 0 Å². The molecule has 0 bridgehead atoms. The van der Waals surface area contributed by atoms with Gasteiger partial charge in [0.2, 0.25) is 11.8 Å². The quantitative estimate of drug-likeness (QED) is 0.242. The number of hydrogen-bond acceptors (Lipinski definition) is 7. The monoisotopic (exact) mass is 571 g/mol. The number of benzene rings is 2. The molecule has 42 heavy (non-hydrogen) atoms. The van der Waals surface area contributed by atoms with E-state index < -0.39 is 0 Å². The first-order valence-electron chi connectivity index (χ1n) is 15.6. The van der Waals surface area contributed by atoms with E-state index in [2.05, 4.69) is 76.9 Å². The van der Waals surface area contributed by atoms with E-state index in [1.54, 1.807) is 14.2 Å². The van der Waals surface area contributed by atoms with Gasteiger partial charge in [0.1, 0.15) is 0 Å². The highest BCUT2D eigenvalue weighted by molar-refractivity contribution is 5.94. The lowest BCUT2D eigenvalue weighted by molar-refractivity contribution is 0.0730. The number of methoxy groups -OCH3 is 2. The Morgan fingerprint density at radius 3 is 2.21 bits per heavy atom. The highest BCUT2D eigenvalue weighted by Gasteiger charge is 2.31. The summed E-state index contributed by atoms with van der Waals surface area (Å²) in [6.07, 6.45) is 4.71. The van der Waals surface area contributed by atoms with E-state index in [-0.39, 0.29) is 0 Å². The summed E-state index contributed by atoms with van der Waals surface area (Å²) in [5.74, 6) is 3.44. The first kappa shape index (κ1) is 28.7. The Morgan fingerprint density at radius 2 is 1.55 bits per heavy atom. The molecule has 2 aliphatic rings. The van der Waals surface area contributed by atoms with Crippen molar-refractivity contribution in [3.8, 4) is 34.2 Å². The first-order chi connectivity index (χ1) is 20.4. The van der Waals surface area contributed by atoms with Crippen LogP contribution >= 0.6 is 0 Å². The molecular formula is C34H45N5O3. The van der Waals surface area contributed by atoms with Crippen molar-refractivity contribution >= 4 is 10.9 Å². The number of rotatable bonds is 8. The molecule has 6 rings (SSSR count). The van der Waals surface area contributed by atoms with Gasteiger partial charge in [0, 0.05) is 40.0 Å². The average Bonchev–Trinajstić information content (AvgIpc) is 3.66. The number of fused-ring (bicyclic) bond motifs is 1. The maximum Gasteiger partial charge on any atom is 0.247 e. The van der Waals surface area contributed by atoms with Crippen molar-refractivity contribution in [2.24, 2.45) is 0 Å². The third kappa shape index (κ3) is 5.54. The van der Waals surface area contributed by atoms with Crippen LogP contribution in [0.25, 0.3) is 33.6 Å². The number of hydrogen-bond donors (Lipinski definition) is 1. The van der Waals surface area contributed by atoms with Gasteiger partial charge in [-0.2, -0.15) is 0 Å². The minimum Gasteiger partial charge on any atom is -0.493 e. The molecule has 2 fully saturated rings. The van der Waals surface area contributed by atoms with Crippen molar-refractivity contribution in [3.63, 3.8) is 0 Å². The molecule has 4 aromatic rings. The van der Waals surface area contributed by atoms with Crippen LogP contribution in [0.1, 0.15) is 76.7 Å². The minimum absolute atomic E-state index is 0.304. The molecule has 8 heteroatoms. The smallest absolute Gasteiger partial charge is 0.247 e. The van der Waals surface area contributed by atoms with Crippen LogP contribution in [-0.4, -0.2) is 77.5 Å². The number of aromatic nitrogens is 3. The van der Waals surface area contributed by atoms with E-state index in [9.17, 15) is 0 Å². The fraction of sp³-hybridized carbons (Fsp3) is 0.529. The number of likely N-dealkylation sites (tertiary alicyclic amines) is 2. The van der Waals surface area contributed by atoms with E-state index in [0.717, 1.165) is 59.9 Å². The molecule has 0 radical (unpaired) electrons. The summed E-state index contributed by atoms with van der Waals surface area (Å²) in [7, 11) is 3.33. The van der Waals surface area contributed by atoms with Crippen LogP contribution in [0.2, 0.25) is 0 Å². The van der Waals surface area contributed by atoms with Gasteiger partial charge in [0.05, 0.1) is 19.9 Å². The van der Waals surface area contributed by atoms with Crippen molar-refractivity contribution in [2.75, 3.05) is 40.4 Å². The van der Waals surface area contributed by atoms with Crippen LogP contribution in [0, 0.1) is 0 Å².